The predicted molar refractivity (Wildman–Crippen MR) is 95.0 cm³/mol. The molecule has 3 aromatic rings. The molecular weight excluding hydrogens is 316 g/mol. The summed E-state index contributed by atoms with van der Waals surface area (Å²) in [5.41, 5.74) is 2.06. The molecule has 1 atom stereocenters. The van der Waals surface area contributed by atoms with Gasteiger partial charge in [-0.3, -0.25) is 14.9 Å². The molecule has 0 bridgehead atoms. The molecule has 25 heavy (non-hydrogen) atoms. The normalized spacial score (nSPS) is 12.0. The molecule has 0 aliphatic rings. The average Bonchev–Trinajstić information content (AvgIpc) is 3.06. The first-order chi connectivity index (χ1) is 12.2. The molecule has 0 unspecified atom stereocenters. The van der Waals surface area contributed by atoms with Gasteiger partial charge in [-0.25, -0.2) is 0 Å². The third-order valence-corrected chi connectivity index (χ3v) is 3.96. The smallest absolute Gasteiger partial charge is 0.257 e. The van der Waals surface area contributed by atoms with Gasteiger partial charge in [0, 0.05) is 5.56 Å². The summed E-state index contributed by atoms with van der Waals surface area (Å²) < 4.78 is 0. The molecule has 2 amide bonds. The molecule has 0 fully saturated rings. The predicted octanol–water partition coefficient (Wildman–Crippen LogP) is 3.12. The summed E-state index contributed by atoms with van der Waals surface area (Å²) in [5, 5.41) is 11.4. The zero-order chi connectivity index (χ0) is 17.6. The van der Waals surface area contributed by atoms with E-state index in [1.54, 1.807) is 29.1 Å². The third-order valence-electron chi connectivity index (χ3n) is 3.96. The molecule has 2 aromatic carbocycles. The van der Waals surface area contributed by atoms with Crippen molar-refractivity contribution in [1.82, 2.24) is 20.3 Å². The van der Waals surface area contributed by atoms with Gasteiger partial charge in [0.1, 0.15) is 11.0 Å². The Morgan fingerprint density at radius 3 is 2.20 bits per heavy atom. The number of nitrogens with zero attached hydrogens (tertiary/aromatic N) is 3. The van der Waals surface area contributed by atoms with Crippen LogP contribution in [-0.4, -0.2) is 26.8 Å². The van der Waals surface area contributed by atoms with Crippen molar-refractivity contribution in [2.24, 2.45) is 0 Å². The molecule has 128 valence electrons. The maximum Gasteiger partial charge on any atom is 0.257 e. The van der Waals surface area contributed by atoms with Gasteiger partial charge in [-0.05, 0) is 30.7 Å². The van der Waals surface area contributed by atoms with Gasteiger partial charge in [-0.2, -0.15) is 15.0 Å². The number of carbonyl (C=O) groups is 2. The van der Waals surface area contributed by atoms with Crippen molar-refractivity contribution in [2.75, 3.05) is 0 Å². The zero-order valence-corrected chi connectivity index (χ0v) is 14.1. The second-order valence-electron chi connectivity index (χ2n) is 5.90. The van der Waals surface area contributed by atoms with Crippen LogP contribution in [0.5, 0.6) is 0 Å². The van der Waals surface area contributed by atoms with E-state index in [1.807, 2.05) is 37.3 Å². The standard InChI is InChI=1S/C19H20N4O2/c1-2-8-15(23-21-16-11-6-7-12-17(16)22-23)13-18(24)20-19(25)14-9-4-3-5-10-14/h3-7,9-12,15H,2,8,13H2,1H3,(H,20,24,25)/t15-/m0/s1. The number of hydrogen-bond donors (Lipinski definition) is 1. The molecule has 0 saturated heterocycles. The van der Waals surface area contributed by atoms with Crippen molar-refractivity contribution in [1.29, 1.82) is 0 Å². The van der Waals surface area contributed by atoms with E-state index in [9.17, 15) is 9.59 Å². The van der Waals surface area contributed by atoms with Crippen molar-refractivity contribution in [2.45, 2.75) is 32.2 Å². The summed E-state index contributed by atoms with van der Waals surface area (Å²) in [6.07, 6.45) is 1.81. The molecular formula is C19H20N4O2. The first-order valence-corrected chi connectivity index (χ1v) is 8.38. The average molecular weight is 336 g/mol. The molecule has 3 rings (SSSR count). The summed E-state index contributed by atoms with van der Waals surface area (Å²) in [7, 11) is 0. The highest BCUT2D eigenvalue weighted by Crippen LogP contribution is 2.19. The maximum atomic E-state index is 12.3. The van der Waals surface area contributed by atoms with Crippen LogP contribution in [0.4, 0.5) is 0 Å². The van der Waals surface area contributed by atoms with Crippen molar-refractivity contribution < 1.29 is 9.59 Å². The summed E-state index contributed by atoms with van der Waals surface area (Å²) in [4.78, 5) is 26.0. The fourth-order valence-electron chi connectivity index (χ4n) is 2.73. The van der Waals surface area contributed by atoms with Crippen molar-refractivity contribution in [3.05, 3.63) is 60.2 Å². The van der Waals surface area contributed by atoms with Crippen LogP contribution >= 0.6 is 0 Å². The van der Waals surface area contributed by atoms with Gasteiger partial charge >= 0.3 is 0 Å². The second-order valence-corrected chi connectivity index (χ2v) is 5.90. The number of nitrogens with one attached hydrogen (secondary N) is 1. The van der Waals surface area contributed by atoms with Gasteiger partial charge in [0.2, 0.25) is 5.91 Å². The molecule has 0 aliphatic heterocycles. The zero-order valence-electron chi connectivity index (χ0n) is 14.1. The number of carbonyl (C=O) groups excluding carboxylic acids is 2. The SMILES string of the molecule is CCC[C@@H](CC(=O)NC(=O)c1ccccc1)n1nc2ccccc2n1. The number of fused-ring (bicyclic) bond motifs is 1. The van der Waals surface area contributed by atoms with Crippen LogP contribution in [0.15, 0.2) is 54.6 Å². The number of aromatic nitrogens is 3. The Labute approximate surface area is 145 Å². The van der Waals surface area contributed by atoms with Crippen LogP contribution < -0.4 is 5.32 Å². The molecule has 6 heteroatoms. The molecule has 0 aliphatic carbocycles. The number of rotatable bonds is 6. The highest BCUT2D eigenvalue weighted by Gasteiger charge is 2.19. The molecule has 0 radical (unpaired) electrons. The number of hydrogen-bond acceptors (Lipinski definition) is 4. The van der Waals surface area contributed by atoms with E-state index in [2.05, 4.69) is 15.5 Å². The largest absolute Gasteiger partial charge is 0.292 e. The van der Waals surface area contributed by atoms with Crippen molar-refractivity contribution >= 4 is 22.8 Å². The van der Waals surface area contributed by atoms with Crippen LogP contribution in [0.1, 0.15) is 42.6 Å². The van der Waals surface area contributed by atoms with Gasteiger partial charge < -0.3 is 0 Å². The Balaban J connectivity index is 1.70. The first-order valence-electron chi connectivity index (χ1n) is 8.38. The number of amides is 2. The summed E-state index contributed by atoms with van der Waals surface area (Å²) in [6, 6.07) is 16.1. The number of imide groups is 1. The van der Waals surface area contributed by atoms with E-state index >= 15 is 0 Å². The van der Waals surface area contributed by atoms with E-state index in [1.165, 1.54) is 0 Å². The molecule has 0 spiro atoms. The Bertz CT molecular complexity index is 840. The fourth-order valence-corrected chi connectivity index (χ4v) is 2.73. The van der Waals surface area contributed by atoms with E-state index in [0.29, 0.717) is 5.56 Å². The lowest BCUT2D eigenvalue weighted by Crippen LogP contribution is -2.32. The maximum absolute atomic E-state index is 12.3. The minimum atomic E-state index is -0.389. The van der Waals surface area contributed by atoms with Gasteiger partial charge in [0.25, 0.3) is 5.91 Å². The summed E-state index contributed by atoms with van der Waals surface area (Å²) in [5.74, 6) is -0.715. The summed E-state index contributed by atoms with van der Waals surface area (Å²) in [6.45, 7) is 2.04. The highest BCUT2D eigenvalue weighted by molar-refractivity contribution is 6.04. The molecule has 1 aromatic heterocycles. The van der Waals surface area contributed by atoms with E-state index in [-0.39, 0.29) is 24.3 Å². The topological polar surface area (TPSA) is 76.9 Å². The molecule has 6 nitrogen and oxygen atoms in total. The van der Waals surface area contributed by atoms with Gasteiger partial charge in [0.15, 0.2) is 0 Å². The first kappa shape index (κ1) is 16.8. The van der Waals surface area contributed by atoms with Crippen LogP contribution in [0, 0.1) is 0 Å². The van der Waals surface area contributed by atoms with E-state index in [0.717, 1.165) is 23.9 Å². The van der Waals surface area contributed by atoms with Crippen LogP contribution in [-0.2, 0) is 4.79 Å². The van der Waals surface area contributed by atoms with E-state index in [4.69, 9.17) is 0 Å². The lowest BCUT2D eigenvalue weighted by atomic mass is 10.1. The lowest BCUT2D eigenvalue weighted by Gasteiger charge is -2.14. The second kappa shape index (κ2) is 7.70. The highest BCUT2D eigenvalue weighted by atomic mass is 16.2. The van der Waals surface area contributed by atoms with Gasteiger partial charge in [0.05, 0.1) is 12.5 Å². The van der Waals surface area contributed by atoms with Crippen LogP contribution in [0.3, 0.4) is 0 Å². The Morgan fingerprint density at radius 2 is 1.60 bits per heavy atom. The van der Waals surface area contributed by atoms with E-state index < -0.39 is 0 Å². The Morgan fingerprint density at radius 1 is 1.00 bits per heavy atom. The van der Waals surface area contributed by atoms with Gasteiger partial charge in [-0.1, -0.05) is 43.7 Å². The Hall–Kier alpha value is -3.02. The lowest BCUT2D eigenvalue weighted by molar-refractivity contribution is -0.121. The Kier molecular flexibility index (Phi) is 5.18. The fraction of sp³-hybridized carbons (Fsp3) is 0.263. The third kappa shape index (κ3) is 4.09. The monoisotopic (exact) mass is 336 g/mol. The van der Waals surface area contributed by atoms with Crippen molar-refractivity contribution in [3.63, 3.8) is 0 Å². The number of benzene rings is 2. The van der Waals surface area contributed by atoms with Gasteiger partial charge in [-0.15, -0.1) is 0 Å². The minimum absolute atomic E-state index is 0.160. The molecule has 0 saturated carbocycles. The summed E-state index contributed by atoms with van der Waals surface area (Å²) >= 11 is 0. The molecule has 1 heterocycles. The molecule has 1 N–H and O–H groups in total. The quantitative estimate of drug-likeness (QED) is 0.750. The van der Waals surface area contributed by atoms with Crippen LogP contribution in [0.2, 0.25) is 0 Å². The van der Waals surface area contributed by atoms with Crippen LogP contribution in [0.25, 0.3) is 11.0 Å². The minimum Gasteiger partial charge on any atom is -0.292 e. The van der Waals surface area contributed by atoms with Crippen molar-refractivity contribution in [3.8, 4) is 0 Å².